The number of benzene rings is 1. The molecule has 1 heterocycles. The van der Waals surface area contributed by atoms with Crippen LogP contribution in [-0.4, -0.2) is 45.7 Å². The molecule has 0 saturated heterocycles. The number of aliphatic hydroxyl groups is 3. The Balaban J connectivity index is 2.42. The summed E-state index contributed by atoms with van der Waals surface area (Å²) in [6.07, 6.45) is 1.64. The van der Waals surface area contributed by atoms with E-state index in [0.29, 0.717) is 5.82 Å². The van der Waals surface area contributed by atoms with Crippen LogP contribution >= 0.6 is 0 Å². The van der Waals surface area contributed by atoms with E-state index in [1.807, 2.05) is 30.3 Å². The zero-order valence-electron chi connectivity index (χ0n) is 9.87. The summed E-state index contributed by atoms with van der Waals surface area (Å²) < 4.78 is 0. The molecule has 0 aliphatic carbocycles. The minimum atomic E-state index is -1.17. The van der Waals surface area contributed by atoms with Crippen molar-refractivity contribution in [3.63, 3.8) is 0 Å². The van der Waals surface area contributed by atoms with Gasteiger partial charge in [-0.3, -0.25) is 0 Å². The number of nitrogens with zero attached hydrogens (tertiary/aromatic N) is 1. The Morgan fingerprint density at radius 2 is 1.67 bits per heavy atom. The van der Waals surface area contributed by atoms with Crippen LogP contribution in [-0.2, 0) is 0 Å². The number of rotatable bonds is 5. The molecule has 0 amide bonds. The lowest BCUT2D eigenvalue weighted by molar-refractivity contribution is 0.0832. The molecule has 4 N–H and O–H groups in total. The van der Waals surface area contributed by atoms with Crippen LogP contribution < -0.4 is 5.32 Å². The standard InChI is InChI=1S/C13H16N2O3/c16-7-13(8-17,9-18)15-12-11-4-2-1-3-10(11)5-6-14-12/h1-6,16-18H,7-9H2,(H,14,15). The molecule has 0 aliphatic rings. The lowest BCUT2D eigenvalue weighted by Crippen LogP contribution is -2.49. The van der Waals surface area contributed by atoms with Gasteiger partial charge in [-0.05, 0) is 11.5 Å². The fourth-order valence-electron chi connectivity index (χ4n) is 1.74. The lowest BCUT2D eigenvalue weighted by Gasteiger charge is -2.29. The molecule has 2 aromatic rings. The normalized spacial score (nSPS) is 11.7. The third kappa shape index (κ3) is 2.28. The highest BCUT2D eigenvalue weighted by Gasteiger charge is 2.28. The Labute approximate surface area is 105 Å². The van der Waals surface area contributed by atoms with Crippen LogP contribution in [0.25, 0.3) is 10.8 Å². The van der Waals surface area contributed by atoms with E-state index in [-0.39, 0.29) is 19.8 Å². The van der Waals surface area contributed by atoms with Crippen LogP contribution in [0, 0.1) is 0 Å². The van der Waals surface area contributed by atoms with Gasteiger partial charge >= 0.3 is 0 Å². The molecule has 5 heteroatoms. The van der Waals surface area contributed by atoms with Gasteiger partial charge in [0.15, 0.2) is 0 Å². The maximum absolute atomic E-state index is 9.30. The van der Waals surface area contributed by atoms with Crippen molar-refractivity contribution >= 4 is 16.6 Å². The van der Waals surface area contributed by atoms with Gasteiger partial charge in [0.1, 0.15) is 11.4 Å². The van der Waals surface area contributed by atoms with E-state index >= 15 is 0 Å². The van der Waals surface area contributed by atoms with Crippen LogP contribution in [0.5, 0.6) is 0 Å². The van der Waals surface area contributed by atoms with Crippen molar-refractivity contribution in [1.82, 2.24) is 4.98 Å². The molecule has 0 atom stereocenters. The molecule has 0 unspecified atom stereocenters. The summed E-state index contributed by atoms with van der Waals surface area (Å²) in [7, 11) is 0. The van der Waals surface area contributed by atoms with Gasteiger partial charge in [0.2, 0.25) is 0 Å². The van der Waals surface area contributed by atoms with Gasteiger partial charge in [-0.2, -0.15) is 0 Å². The average molecular weight is 248 g/mol. The molecular formula is C13H16N2O3. The van der Waals surface area contributed by atoms with E-state index < -0.39 is 5.54 Å². The molecule has 0 spiro atoms. The van der Waals surface area contributed by atoms with Gasteiger partial charge in [0.25, 0.3) is 0 Å². The predicted molar refractivity (Wildman–Crippen MR) is 69.4 cm³/mol. The summed E-state index contributed by atoms with van der Waals surface area (Å²) in [6, 6.07) is 9.51. The van der Waals surface area contributed by atoms with E-state index in [4.69, 9.17) is 0 Å². The monoisotopic (exact) mass is 248 g/mol. The number of pyridine rings is 1. The maximum atomic E-state index is 9.30. The van der Waals surface area contributed by atoms with Crippen LogP contribution in [0.3, 0.4) is 0 Å². The SMILES string of the molecule is OCC(CO)(CO)Nc1nccc2ccccc12. The Bertz CT molecular complexity index is 513. The second-order valence-corrected chi connectivity index (χ2v) is 4.26. The highest BCUT2D eigenvalue weighted by atomic mass is 16.3. The van der Waals surface area contributed by atoms with Gasteiger partial charge in [-0.25, -0.2) is 4.98 Å². The number of aliphatic hydroxyl groups excluding tert-OH is 3. The van der Waals surface area contributed by atoms with Gasteiger partial charge in [-0.15, -0.1) is 0 Å². The molecule has 1 aromatic carbocycles. The maximum Gasteiger partial charge on any atom is 0.134 e. The summed E-state index contributed by atoms with van der Waals surface area (Å²) >= 11 is 0. The quantitative estimate of drug-likeness (QED) is 0.614. The molecule has 96 valence electrons. The highest BCUT2D eigenvalue weighted by molar-refractivity contribution is 5.91. The first kappa shape index (κ1) is 12.8. The van der Waals surface area contributed by atoms with Gasteiger partial charge in [0, 0.05) is 11.6 Å². The minimum absolute atomic E-state index is 0.384. The largest absolute Gasteiger partial charge is 0.394 e. The average Bonchev–Trinajstić information content (AvgIpc) is 2.45. The second-order valence-electron chi connectivity index (χ2n) is 4.26. The van der Waals surface area contributed by atoms with Crippen molar-refractivity contribution in [2.75, 3.05) is 25.1 Å². The summed E-state index contributed by atoms with van der Waals surface area (Å²) in [4.78, 5) is 4.19. The zero-order valence-corrected chi connectivity index (χ0v) is 9.87. The topological polar surface area (TPSA) is 85.6 Å². The van der Waals surface area contributed by atoms with Crippen molar-refractivity contribution in [2.45, 2.75) is 5.54 Å². The molecule has 18 heavy (non-hydrogen) atoms. The van der Waals surface area contributed by atoms with E-state index in [1.165, 1.54) is 0 Å². The molecule has 5 nitrogen and oxygen atoms in total. The summed E-state index contributed by atoms with van der Waals surface area (Å²) in [5, 5.41) is 32.7. The van der Waals surface area contributed by atoms with Crippen LogP contribution in [0.2, 0.25) is 0 Å². The van der Waals surface area contributed by atoms with Crippen molar-refractivity contribution in [1.29, 1.82) is 0 Å². The van der Waals surface area contributed by atoms with Gasteiger partial charge < -0.3 is 20.6 Å². The molecule has 0 saturated carbocycles. The van der Waals surface area contributed by atoms with E-state index in [0.717, 1.165) is 10.8 Å². The smallest absolute Gasteiger partial charge is 0.134 e. The summed E-state index contributed by atoms with van der Waals surface area (Å²) in [6.45, 7) is -1.15. The number of hydrogen-bond donors (Lipinski definition) is 4. The third-order valence-electron chi connectivity index (χ3n) is 2.97. The molecule has 0 aliphatic heterocycles. The van der Waals surface area contributed by atoms with Crippen molar-refractivity contribution in [2.24, 2.45) is 0 Å². The first-order valence-electron chi connectivity index (χ1n) is 5.69. The number of hydrogen-bond acceptors (Lipinski definition) is 5. The van der Waals surface area contributed by atoms with Crippen molar-refractivity contribution < 1.29 is 15.3 Å². The molecule has 1 aromatic heterocycles. The Morgan fingerprint density at radius 1 is 1.00 bits per heavy atom. The third-order valence-corrected chi connectivity index (χ3v) is 2.97. The zero-order chi connectivity index (χ0) is 13.0. The highest BCUT2D eigenvalue weighted by Crippen LogP contribution is 2.23. The first-order chi connectivity index (χ1) is 8.74. The molecule has 2 rings (SSSR count). The van der Waals surface area contributed by atoms with E-state index in [2.05, 4.69) is 10.3 Å². The second kappa shape index (κ2) is 5.30. The minimum Gasteiger partial charge on any atom is -0.394 e. The van der Waals surface area contributed by atoms with E-state index in [1.54, 1.807) is 6.20 Å². The van der Waals surface area contributed by atoms with Crippen LogP contribution in [0.4, 0.5) is 5.82 Å². The Morgan fingerprint density at radius 3 is 2.33 bits per heavy atom. The lowest BCUT2D eigenvalue weighted by atomic mass is 10.0. The van der Waals surface area contributed by atoms with Crippen molar-refractivity contribution in [3.8, 4) is 0 Å². The van der Waals surface area contributed by atoms with Crippen LogP contribution in [0.1, 0.15) is 0 Å². The molecule has 0 bridgehead atoms. The number of aromatic nitrogens is 1. The molecule has 0 radical (unpaired) electrons. The fourth-order valence-corrected chi connectivity index (χ4v) is 1.74. The fraction of sp³-hybridized carbons (Fsp3) is 0.308. The van der Waals surface area contributed by atoms with Gasteiger partial charge in [-0.1, -0.05) is 24.3 Å². The predicted octanol–water partition coefficient (Wildman–Crippen LogP) is 0.362. The van der Waals surface area contributed by atoms with Crippen molar-refractivity contribution in [3.05, 3.63) is 36.5 Å². The molecular weight excluding hydrogens is 232 g/mol. The van der Waals surface area contributed by atoms with E-state index in [9.17, 15) is 15.3 Å². The Kier molecular flexibility index (Phi) is 3.76. The molecule has 0 fully saturated rings. The Hall–Kier alpha value is -1.69. The number of nitrogens with one attached hydrogen (secondary N) is 1. The summed E-state index contributed by atoms with van der Waals surface area (Å²) in [5.41, 5.74) is -1.17. The summed E-state index contributed by atoms with van der Waals surface area (Å²) in [5.74, 6) is 0.533. The first-order valence-corrected chi connectivity index (χ1v) is 5.69. The number of anilines is 1. The van der Waals surface area contributed by atoms with Crippen LogP contribution in [0.15, 0.2) is 36.5 Å². The van der Waals surface area contributed by atoms with Gasteiger partial charge in [0.05, 0.1) is 19.8 Å². The number of fused-ring (bicyclic) bond motifs is 1.